The Morgan fingerprint density at radius 1 is 0.923 bits per heavy atom. The van der Waals surface area contributed by atoms with E-state index in [0.717, 1.165) is 30.0 Å². The first-order valence-corrected chi connectivity index (χ1v) is 14.4. The lowest BCUT2D eigenvalue weighted by Gasteiger charge is -2.28. The van der Waals surface area contributed by atoms with Crippen LogP contribution in [0.1, 0.15) is 71.5 Å². The molecule has 4 aromatic rings. The molecule has 1 aliphatic heterocycles. The highest BCUT2D eigenvalue weighted by atomic mass is 32.1. The second kappa shape index (κ2) is 10.5. The molecule has 0 spiro atoms. The lowest BCUT2D eigenvalue weighted by atomic mass is 9.96. The summed E-state index contributed by atoms with van der Waals surface area (Å²) >= 11 is 5.99. The zero-order valence-corrected chi connectivity index (χ0v) is 24.0. The van der Waals surface area contributed by atoms with Crippen LogP contribution in [0.4, 0.5) is 5.69 Å². The first-order valence-electron chi connectivity index (χ1n) is 13.9. The van der Waals surface area contributed by atoms with Crippen molar-refractivity contribution >= 4 is 23.0 Å². The van der Waals surface area contributed by atoms with Crippen LogP contribution in [0.25, 0.3) is 5.69 Å². The van der Waals surface area contributed by atoms with Crippen LogP contribution in [0.5, 0.6) is 5.75 Å². The summed E-state index contributed by atoms with van der Waals surface area (Å²) < 4.78 is 8.63. The van der Waals surface area contributed by atoms with E-state index in [-0.39, 0.29) is 12.1 Å². The van der Waals surface area contributed by atoms with Gasteiger partial charge in [-0.15, -0.1) is 0 Å². The standard InChI is InChI=1S/C33H36N4OS/c1-21-12-13-22(2)30(19-21)36-23(3)20-28(24(36)4)32-31(29-11-7-8-18-34-29)35-33(39)37(32)25-14-16-27(17-15-25)38-26-9-5-6-10-26/h7-8,11-20,26,31-32H,5-6,9-10H2,1-4H3,(H,35,39). The lowest BCUT2D eigenvalue weighted by Crippen LogP contribution is -2.29. The molecule has 5 nitrogen and oxygen atoms in total. The Morgan fingerprint density at radius 3 is 2.41 bits per heavy atom. The van der Waals surface area contributed by atoms with Crippen molar-refractivity contribution in [2.24, 2.45) is 0 Å². The number of anilines is 1. The number of hydrogen-bond donors (Lipinski definition) is 1. The molecule has 0 amide bonds. The van der Waals surface area contributed by atoms with Gasteiger partial charge in [-0.25, -0.2) is 0 Å². The van der Waals surface area contributed by atoms with Crippen LogP contribution in [0.2, 0.25) is 0 Å². The summed E-state index contributed by atoms with van der Waals surface area (Å²) in [5.74, 6) is 0.926. The number of ether oxygens (including phenoxy) is 1. The van der Waals surface area contributed by atoms with E-state index in [4.69, 9.17) is 21.9 Å². The minimum atomic E-state index is -0.0827. The minimum Gasteiger partial charge on any atom is -0.490 e. The number of pyridine rings is 1. The first kappa shape index (κ1) is 25.6. The fourth-order valence-electron chi connectivity index (χ4n) is 6.25. The Hall–Kier alpha value is -3.64. The smallest absolute Gasteiger partial charge is 0.174 e. The number of aryl methyl sites for hydroxylation is 3. The molecule has 6 rings (SSSR count). The highest BCUT2D eigenvalue weighted by Gasteiger charge is 2.42. The molecule has 2 atom stereocenters. The van der Waals surface area contributed by atoms with Crippen molar-refractivity contribution < 1.29 is 4.74 Å². The van der Waals surface area contributed by atoms with E-state index < -0.39 is 0 Å². The highest BCUT2D eigenvalue weighted by molar-refractivity contribution is 7.80. The van der Waals surface area contributed by atoms with Gasteiger partial charge < -0.3 is 19.5 Å². The van der Waals surface area contributed by atoms with E-state index in [1.807, 2.05) is 18.3 Å². The summed E-state index contributed by atoms with van der Waals surface area (Å²) in [5, 5.41) is 4.32. The Labute approximate surface area is 236 Å². The van der Waals surface area contributed by atoms with Gasteiger partial charge in [-0.05, 0) is 131 Å². The average Bonchev–Trinajstić information content (AvgIpc) is 3.64. The minimum absolute atomic E-state index is 0.0564. The van der Waals surface area contributed by atoms with Gasteiger partial charge in [0.1, 0.15) is 5.75 Å². The van der Waals surface area contributed by atoms with Crippen LogP contribution in [-0.4, -0.2) is 20.8 Å². The van der Waals surface area contributed by atoms with E-state index in [1.165, 1.54) is 46.6 Å². The predicted molar refractivity (Wildman–Crippen MR) is 162 cm³/mol. The summed E-state index contributed by atoms with van der Waals surface area (Å²) in [4.78, 5) is 6.99. The largest absolute Gasteiger partial charge is 0.490 e. The third-order valence-corrected chi connectivity index (χ3v) is 8.53. The third kappa shape index (κ3) is 4.82. The number of hydrogen-bond acceptors (Lipinski definition) is 3. The van der Waals surface area contributed by atoms with Crippen molar-refractivity contribution in [2.75, 3.05) is 4.90 Å². The maximum atomic E-state index is 6.25. The van der Waals surface area contributed by atoms with E-state index in [0.29, 0.717) is 11.2 Å². The Morgan fingerprint density at radius 2 is 1.69 bits per heavy atom. The molecule has 200 valence electrons. The fraction of sp³-hybridized carbons (Fsp3) is 0.333. The van der Waals surface area contributed by atoms with Gasteiger partial charge in [0.05, 0.1) is 23.9 Å². The van der Waals surface area contributed by atoms with Crippen LogP contribution < -0.4 is 15.0 Å². The molecule has 2 unspecified atom stereocenters. The van der Waals surface area contributed by atoms with E-state index in [9.17, 15) is 0 Å². The second-order valence-corrected chi connectivity index (χ2v) is 11.4. The first-order chi connectivity index (χ1) is 18.9. The quantitative estimate of drug-likeness (QED) is 0.257. The van der Waals surface area contributed by atoms with Crippen molar-refractivity contribution in [1.29, 1.82) is 0 Å². The van der Waals surface area contributed by atoms with Crippen LogP contribution in [0, 0.1) is 27.7 Å². The fourth-order valence-corrected chi connectivity index (χ4v) is 6.60. The molecule has 1 aliphatic carbocycles. The van der Waals surface area contributed by atoms with Crippen LogP contribution in [0.3, 0.4) is 0 Å². The summed E-state index contributed by atoms with van der Waals surface area (Å²) in [7, 11) is 0. The van der Waals surface area contributed by atoms with Gasteiger partial charge in [-0.2, -0.15) is 0 Å². The molecule has 0 bridgehead atoms. The predicted octanol–water partition coefficient (Wildman–Crippen LogP) is 7.60. The zero-order valence-electron chi connectivity index (χ0n) is 23.1. The third-order valence-electron chi connectivity index (χ3n) is 8.21. The summed E-state index contributed by atoms with van der Waals surface area (Å²) in [5.41, 5.74) is 9.41. The maximum Gasteiger partial charge on any atom is 0.174 e. The van der Waals surface area contributed by atoms with Crippen molar-refractivity contribution in [2.45, 2.75) is 71.6 Å². The van der Waals surface area contributed by atoms with Gasteiger partial charge in [0.15, 0.2) is 5.11 Å². The highest BCUT2D eigenvalue weighted by Crippen LogP contribution is 2.44. The molecule has 39 heavy (non-hydrogen) atoms. The van der Waals surface area contributed by atoms with Gasteiger partial charge in [0.2, 0.25) is 0 Å². The van der Waals surface area contributed by atoms with E-state index in [2.05, 4.69) is 97.1 Å². The molecule has 2 aromatic heterocycles. The maximum absolute atomic E-state index is 6.25. The number of benzene rings is 2. The second-order valence-electron chi connectivity index (χ2n) is 11.0. The summed E-state index contributed by atoms with van der Waals surface area (Å²) in [6.45, 7) is 8.74. The van der Waals surface area contributed by atoms with Crippen LogP contribution >= 0.6 is 12.2 Å². The SMILES string of the molecule is Cc1ccc(C)c(-n2c(C)cc(C3C(c4ccccn4)NC(=S)N3c3ccc(OC4CCCC4)cc3)c2C)c1. The molecule has 3 heterocycles. The lowest BCUT2D eigenvalue weighted by molar-refractivity contribution is 0.210. The number of thiocarbonyl (C=S) groups is 1. The zero-order chi connectivity index (χ0) is 27.1. The van der Waals surface area contributed by atoms with Gasteiger partial charge in [-0.1, -0.05) is 18.2 Å². The van der Waals surface area contributed by atoms with Gasteiger partial charge >= 0.3 is 0 Å². The molecule has 2 fully saturated rings. The molecule has 2 aromatic carbocycles. The van der Waals surface area contributed by atoms with Crippen molar-refractivity contribution in [3.63, 3.8) is 0 Å². The number of nitrogens with one attached hydrogen (secondary N) is 1. The van der Waals surface area contributed by atoms with Gasteiger partial charge in [-0.3, -0.25) is 4.98 Å². The molecule has 6 heteroatoms. The normalized spacial score (nSPS) is 19.5. The number of rotatable bonds is 6. The molecule has 1 N–H and O–H groups in total. The molecular weight excluding hydrogens is 500 g/mol. The summed E-state index contributed by atoms with van der Waals surface area (Å²) in [6, 6.07) is 23.3. The van der Waals surface area contributed by atoms with Gasteiger partial charge in [0, 0.05) is 29.0 Å². The molecule has 1 saturated carbocycles. The van der Waals surface area contributed by atoms with Crippen LogP contribution in [-0.2, 0) is 0 Å². The number of nitrogens with zero attached hydrogens (tertiary/aromatic N) is 3. The molecule has 1 saturated heterocycles. The number of aromatic nitrogens is 2. The van der Waals surface area contributed by atoms with E-state index in [1.54, 1.807) is 0 Å². The Kier molecular flexibility index (Phi) is 6.90. The Bertz CT molecular complexity index is 1490. The monoisotopic (exact) mass is 536 g/mol. The average molecular weight is 537 g/mol. The molecular formula is C33H36N4OS. The molecule has 2 aliphatic rings. The molecule has 0 radical (unpaired) electrons. The topological polar surface area (TPSA) is 42.3 Å². The summed E-state index contributed by atoms with van der Waals surface area (Å²) in [6.07, 6.45) is 6.99. The van der Waals surface area contributed by atoms with Crippen LogP contribution in [0.15, 0.2) is 72.9 Å². The Balaban J connectivity index is 1.43. The van der Waals surface area contributed by atoms with Crippen molar-refractivity contribution in [3.05, 3.63) is 107 Å². The van der Waals surface area contributed by atoms with Crippen molar-refractivity contribution in [3.8, 4) is 11.4 Å². The van der Waals surface area contributed by atoms with Crippen molar-refractivity contribution in [1.82, 2.24) is 14.9 Å². The van der Waals surface area contributed by atoms with Gasteiger partial charge in [0.25, 0.3) is 0 Å². The van der Waals surface area contributed by atoms with E-state index >= 15 is 0 Å².